The van der Waals surface area contributed by atoms with E-state index in [-0.39, 0.29) is 5.69 Å². The van der Waals surface area contributed by atoms with Gasteiger partial charge in [-0.2, -0.15) is 10.2 Å². The molecule has 164 valence electrons. The molecule has 11 heteroatoms. The molecule has 0 aliphatic heterocycles. The van der Waals surface area contributed by atoms with Crippen LogP contribution < -0.4 is 5.32 Å². The molecule has 0 fully saturated rings. The number of nitro groups is 1. The third-order valence-corrected chi connectivity index (χ3v) is 4.94. The molecule has 3 aromatic rings. The largest absolute Gasteiger partial charge is 0.321 e. The molecule has 1 aromatic carbocycles. The van der Waals surface area contributed by atoms with Crippen molar-refractivity contribution in [3.63, 3.8) is 0 Å². The molecule has 0 radical (unpaired) electrons. The molecular weight excluding hydrogens is 410 g/mol. The third kappa shape index (κ3) is 4.60. The van der Waals surface area contributed by atoms with Crippen LogP contribution in [0.15, 0.2) is 24.3 Å². The van der Waals surface area contributed by atoms with Crippen LogP contribution in [-0.4, -0.2) is 30.4 Å². The Morgan fingerprint density at radius 2 is 1.87 bits per heavy atom. The zero-order valence-electron chi connectivity index (χ0n) is 17.5. The number of anilines is 1. The summed E-state index contributed by atoms with van der Waals surface area (Å²) in [5.74, 6) is -0.553. The molecule has 2 heterocycles. The number of nitrogens with zero attached hydrogens (tertiary/aromatic N) is 5. The smallest absolute Gasteiger partial charge is 0.319 e. The summed E-state index contributed by atoms with van der Waals surface area (Å²) in [5.41, 5.74) is 2.17. The molecule has 0 saturated heterocycles. The highest BCUT2D eigenvalue weighted by Gasteiger charge is 2.31. The summed E-state index contributed by atoms with van der Waals surface area (Å²) in [4.78, 5) is 22.7. The second kappa shape index (κ2) is 8.62. The van der Waals surface area contributed by atoms with Gasteiger partial charge in [-0.15, -0.1) is 0 Å². The molecule has 9 nitrogen and oxygen atoms in total. The van der Waals surface area contributed by atoms with Gasteiger partial charge in [0.1, 0.15) is 12.2 Å². The lowest BCUT2D eigenvalue weighted by molar-refractivity contribution is -0.386. The molecule has 0 aliphatic carbocycles. The van der Waals surface area contributed by atoms with Crippen LogP contribution in [0.2, 0.25) is 0 Å². The van der Waals surface area contributed by atoms with Crippen molar-refractivity contribution >= 4 is 17.3 Å². The first-order valence-electron chi connectivity index (χ1n) is 9.47. The van der Waals surface area contributed by atoms with Crippen LogP contribution in [0.4, 0.5) is 20.2 Å². The topological polar surface area (TPSA) is 108 Å². The molecule has 0 aliphatic rings. The molecular formula is C20H22F2N6O3. The first kappa shape index (κ1) is 22.1. The van der Waals surface area contributed by atoms with Crippen molar-refractivity contribution in [3.05, 3.63) is 68.3 Å². The van der Waals surface area contributed by atoms with Gasteiger partial charge in [0.2, 0.25) is 11.6 Å². The second-order valence-electron chi connectivity index (χ2n) is 7.28. The zero-order chi connectivity index (χ0) is 22.9. The fourth-order valence-electron chi connectivity index (χ4n) is 3.42. The van der Waals surface area contributed by atoms with E-state index >= 15 is 0 Å². The lowest BCUT2D eigenvalue weighted by Crippen LogP contribution is -2.21. The first-order chi connectivity index (χ1) is 14.6. The fraction of sp³-hybridized carbons (Fsp3) is 0.350. The summed E-state index contributed by atoms with van der Waals surface area (Å²) in [6.07, 6.45) is -3.12. The number of carbonyl (C=O) groups is 1. The Morgan fingerprint density at radius 1 is 1.16 bits per heavy atom. The van der Waals surface area contributed by atoms with Gasteiger partial charge in [-0.3, -0.25) is 24.3 Å². The summed E-state index contributed by atoms with van der Waals surface area (Å²) < 4.78 is 28.8. The number of aromatic nitrogens is 4. The van der Waals surface area contributed by atoms with Crippen molar-refractivity contribution in [2.75, 3.05) is 5.32 Å². The number of hydrogen-bond acceptors (Lipinski definition) is 5. The number of carbonyl (C=O) groups excluding carboxylic acids is 1. The standard InChI is InChI=1S/C20H22F2N6O3/c1-11-6-5-7-15(8-11)9-26-13(3)17(12(2)24-26)23-16(29)10-27-14(4)19(28(30)31)18(25-27)20(21)22/h5-8,20H,9-10H2,1-4H3,(H,23,29). The Bertz CT molecular complexity index is 1150. The monoisotopic (exact) mass is 432 g/mol. The van der Waals surface area contributed by atoms with Gasteiger partial charge >= 0.3 is 5.69 Å². The molecule has 31 heavy (non-hydrogen) atoms. The average molecular weight is 432 g/mol. The van der Waals surface area contributed by atoms with Crippen LogP contribution in [-0.2, 0) is 17.9 Å². The summed E-state index contributed by atoms with van der Waals surface area (Å²) in [5, 5.41) is 21.9. The lowest BCUT2D eigenvalue weighted by atomic mass is 10.1. The van der Waals surface area contributed by atoms with E-state index in [1.54, 1.807) is 11.6 Å². The maximum Gasteiger partial charge on any atom is 0.319 e. The number of hydrogen-bond donors (Lipinski definition) is 1. The van der Waals surface area contributed by atoms with E-state index in [9.17, 15) is 23.7 Å². The van der Waals surface area contributed by atoms with Crippen LogP contribution in [0.1, 0.15) is 40.3 Å². The summed E-state index contributed by atoms with van der Waals surface area (Å²) >= 11 is 0. The van der Waals surface area contributed by atoms with Crippen molar-refractivity contribution < 1.29 is 18.5 Å². The Kier molecular flexibility index (Phi) is 6.14. The van der Waals surface area contributed by atoms with E-state index in [1.807, 2.05) is 38.1 Å². The minimum Gasteiger partial charge on any atom is -0.321 e. The predicted molar refractivity (Wildman–Crippen MR) is 109 cm³/mol. The maximum absolute atomic E-state index is 13.1. The molecule has 0 saturated carbocycles. The summed E-state index contributed by atoms with van der Waals surface area (Å²) in [7, 11) is 0. The molecule has 0 spiro atoms. The van der Waals surface area contributed by atoms with Gasteiger partial charge in [-0.05, 0) is 33.3 Å². The highest BCUT2D eigenvalue weighted by atomic mass is 19.3. The van der Waals surface area contributed by atoms with Crippen LogP contribution >= 0.6 is 0 Å². The lowest BCUT2D eigenvalue weighted by Gasteiger charge is -2.08. The highest BCUT2D eigenvalue weighted by Crippen LogP contribution is 2.31. The minimum atomic E-state index is -3.12. The van der Waals surface area contributed by atoms with E-state index in [0.717, 1.165) is 21.5 Å². The molecule has 0 bridgehead atoms. The fourth-order valence-corrected chi connectivity index (χ4v) is 3.42. The first-order valence-corrected chi connectivity index (χ1v) is 9.47. The zero-order valence-corrected chi connectivity index (χ0v) is 17.5. The van der Waals surface area contributed by atoms with Crippen molar-refractivity contribution in [1.82, 2.24) is 19.6 Å². The Balaban J connectivity index is 1.79. The van der Waals surface area contributed by atoms with Gasteiger partial charge in [0.25, 0.3) is 6.43 Å². The molecule has 1 amide bonds. The number of benzene rings is 1. The van der Waals surface area contributed by atoms with Gasteiger partial charge in [-0.1, -0.05) is 29.8 Å². The number of rotatable bonds is 7. The molecule has 1 N–H and O–H groups in total. The van der Waals surface area contributed by atoms with Gasteiger partial charge in [0.15, 0.2) is 0 Å². The molecule has 0 unspecified atom stereocenters. The quantitative estimate of drug-likeness (QED) is 0.451. The van der Waals surface area contributed by atoms with Gasteiger partial charge < -0.3 is 5.32 Å². The number of alkyl halides is 2. The Labute approximate surface area is 176 Å². The molecule has 2 aromatic heterocycles. The van der Waals surface area contributed by atoms with Crippen LogP contribution in [0.5, 0.6) is 0 Å². The number of nitrogens with one attached hydrogen (secondary N) is 1. The Morgan fingerprint density at radius 3 is 2.45 bits per heavy atom. The van der Waals surface area contributed by atoms with Gasteiger partial charge in [0.05, 0.1) is 28.5 Å². The maximum atomic E-state index is 13.1. The molecule has 0 atom stereocenters. The third-order valence-electron chi connectivity index (χ3n) is 4.94. The van der Waals surface area contributed by atoms with Gasteiger partial charge in [0, 0.05) is 0 Å². The van der Waals surface area contributed by atoms with Crippen LogP contribution in [0, 0.1) is 37.8 Å². The summed E-state index contributed by atoms with van der Waals surface area (Å²) in [6, 6.07) is 7.98. The highest BCUT2D eigenvalue weighted by molar-refractivity contribution is 5.91. The van der Waals surface area contributed by atoms with E-state index in [0.29, 0.717) is 17.9 Å². The number of halogens is 2. The normalized spacial score (nSPS) is 11.2. The molecule has 3 rings (SSSR count). The summed E-state index contributed by atoms with van der Waals surface area (Å²) in [6.45, 7) is 6.91. The van der Waals surface area contributed by atoms with E-state index in [1.165, 1.54) is 6.92 Å². The second-order valence-corrected chi connectivity index (χ2v) is 7.28. The minimum absolute atomic E-state index is 0.112. The van der Waals surface area contributed by atoms with Gasteiger partial charge in [-0.25, -0.2) is 8.78 Å². The van der Waals surface area contributed by atoms with Crippen molar-refractivity contribution in [2.24, 2.45) is 0 Å². The Hall–Kier alpha value is -3.63. The van der Waals surface area contributed by atoms with E-state index in [2.05, 4.69) is 15.5 Å². The van der Waals surface area contributed by atoms with E-state index < -0.39 is 35.2 Å². The number of aryl methyl sites for hydroxylation is 2. The average Bonchev–Trinajstić information content (AvgIpc) is 3.13. The van der Waals surface area contributed by atoms with Crippen molar-refractivity contribution in [3.8, 4) is 0 Å². The van der Waals surface area contributed by atoms with Crippen molar-refractivity contribution in [2.45, 2.75) is 47.2 Å². The van der Waals surface area contributed by atoms with Crippen LogP contribution in [0.3, 0.4) is 0 Å². The number of amides is 1. The SMILES string of the molecule is Cc1cccc(Cn2nc(C)c(NC(=O)Cn3nc(C(F)F)c([N+](=O)[O-])c3C)c2C)c1. The van der Waals surface area contributed by atoms with Crippen molar-refractivity contribution in [1.29, 1.82) is 0 Å². The van der Waals surface area contributed by atoms with E-state index in [4.69, 9.17) is 0 Å². The van der Waals surface area contributed by atoms with Crippen LogP contribution in [0.25, 0.3) is 0 Å². The predicted octanol–water partition coefficient (Wildman–Crippen LogP) is 3.85.